The Bertz CT molecular complexity index is 1140. The van der Waals surface area contributed by atoms with Gasteiger partial charge in [0.05, 0.1) is 12.7 Å². The van der Waals surface area contributed by atoms with Gasteiger partial charge in [0.1, 0.15) is 43.2 Å². The molecule has 1 aliphatic rings. The Balaban J connectivity index is 2.03. The van der Waals surface area contributed by atoms with Crippen molar-refractivity contribution in [2.45, 2.75) is 147 Å². The largest absolute Gasteiger partial charge is 0.462 e. The average Bonchev–Trinajstić information content (AvgIpc) is 3.61. The number of carbonyl (C=O) groups is 4. The number of ether oxygens (including phenoxy) is 3. The smallest absolute Gasteiger partial charge is 0.306 e. The first kappa shape index (κ1) is 42.3. The van der Waals surface area contributed by atoms with E-state index in [1.807, 2.05) is 20.8 Å². The summed E-state index contributed by atoms with van der Waals surface area (Å²) in [6.45, 7) is 5.73. The Morgan fingerprint density at radius 1 is 0.918 bits per heavy atom. The van der Waals surface area contributed by atoms with Crippen molar-refractivity contribution >= 4 is 41.3 Å². The van der Waals surface area contributed by atoms with E-state index in [-0.39, 0.29) is 61.6 Å². The Hall–Kier alpha value is -2.83. The number of hydrogen-bond donors (Lipinski definition) is 6. The lowest BCUT2D eigenvalue weighted by atomic mass is 10.1. The second-order valence-electron chi connectivity index (χ2n) is 12.2. The van der Waals surface area contributed by atoms with E-state index in [0.717, 1.165) is 38.5 Å². The van der Waals surface area contributed by atoms with E-state index in [4.69, 9.17) is 14.2 Å². The topological polar surface area (TPSA) is 232 Å². The number of thioether (sulfide) groups is 1. The molecule has 2 heterocycles. The van der Waals surface area contributed by atoms with Gasteiger partial charge >= 0.3 is 11.9 Å². The maximum atomic E-state index is 13.3. The number of esters is 2. The molecule has 1 aromatic rings. The van der Waals surface area contributed by atoms with Crippen molar-refractivity contribution < 1.29 is 53.8 Å². The SMILES string of the molecule is CCCCCC(=O)N[C@H](CSC[C@@H](COC(=O)CCCCC)OC(=O)CCCCC)C(=O)Nc1cn(C[C@H](O)C2OC(O)[C@@H](O)[C@@H]2O)nn1. The molecule has 0 radical (unpaired) electrons. The maximum Gasteiger partial charge on any atom is 0.306 e. The number of aliphatic hydroxyl groups is 4. The van der Waals surface area contributed by atoms with Crippen LogP contribution in [0.1, 0.15) is 97.8 Å². The van der Waals surface area contributed by atoms with Gasteiger partial charge in [-0.3, -0.25) is 19.2 Å². The monoisotopic (exact) mass is 717 g/mol. The zero-order chi connectivity index (χ0) is 36.2. The highest BCUT2D eigenvalue weighted by Crippen LogP contribution is 2.23. The van der Waals surface area contributed by atoms with Gasteiger partial charge in [0, 0.05) is 30.8 Å². The van der Waals surface area contributed by atoms with Crippen LogP contribution in [0.15, 0.2) is 6.20 Å². The number of nitrogens with one attached hydrogen (secondary N) is 2. The number of rotatable bonds is 25. The van der Waals surface area contributed by atoms with E-state index in [9.17, 15) is 39.6 Å². The number of unbranched alkanes of at least 4 members (excludes halogenated alkanes) is 6. The second kappa shape index (κ2) is 23.6. The maximum absolute atomic E-state index is 13.3. The molecular formula is C32H55N5O11S. The predicted octanol–water partition coefficient (Wildman–Crippen LogP) is 1.43. The molecule has 0 aliphatic carbocycles. The van der Waals surface area contributed by atoms with Crippen LogP contribution in [0.25, 0.3) is 0 Å². The number of carbonyl (C=O) groups excluding carboxylic acids is 4. The summed E-state index contributed by atoms with van der Waals surface area (Å²) in [5.41, 5.74) is 0. The summed E-state index contributed by atoms with van der Waals surface area (Å²) in [7, 11) is 0. The quantitative estimate of drug-likeness (QED) is 0.0621. The Morgan fingerprint density at radius 2 is 1.55 bits per heavy atom. The summed E-state index contributed by atoms with van der Waals surface area (Å²) >= 11 is 1.25. The van der Waals surface area contributed by atoms with Crippen LogP contribution in [0.4, 0.5) is 5.82 Å². The van der Waals surface area contributed by atoms with Crippen LogP contribution in [-0.2, 0) is 39.9 Å². The summed E-state index contributed by atoms with van der Waals surface area (Å²) in [5.74, 6) is -1.31. The summed E-state index contributed by atoms with van der Waals surface area (Å²) in [6.07, 6.45) is 1.49. The van der Waals surface area contributed by atoms with Gasteiger partial charge < -0.3 is 45.3 Å². The molecule has 2 rings (SSSR count). The molecule has 1 aromatic heterocycles. The third-order valence-corrected chi connectivity index (χ3v) is 8.94. The molecule has 0 aromatic carbocycles. The fourth-order valence-electron chi connectivity index (χ4n) is 4.92. The van der Waals surface area contributed by atoms with E-state index >= 15 is 0 Å². The van der Waals surface area contributed by atoms with Crippen molar-refractivity contribution in [1.29, 1.82) is 0 Å². The molecule has 2 amide bonds. The minimum atomic E-state index is -1.65. The number of nitrogens with zero attached hydrogens (tertiary/aromatic N) is 3. The first-order chi connectivity index (χ1) is 23.5. The molecule has 16 nitrogen and oxygen atoms in total. The molecule has 1 saturated heterocycles. The zero-order valence-corrected chi connectivity index (χ0v) is 29.6. The lowest BCUT2D eigenvalue weighted by molar-refractivity contribution is -0.157. The van der Waals surface area contributed by atoms with Gasteiger partial charge in [0.25, 0.3) is 0 Å². The standard InChI is InChI=1S/C32H55N5O11S/c1-4-7-10-13-25(39)33-22(20-49-19-21(47-27(41)15-12-9-6-3)18-46-26(40)14-11-8-5-2)31(44)34-24-17-37(36-35-24)16-23(38)30-28(42)29(43)32(45)48-30/h17,21-23,28-30,32,38,42-43,45H,4-16,18-20H2,1-3H3,(H,33,39)(H,34,44)/t21-,22-,23+,28+,29+,30?,32?/m1/s1. The van der Waals surface area contributed by atoms with Gasteiger partial charge in [0.2, 0.25) is 11.8 Å². The molecule has 17 heteroatoms. The Morgan fingerprint density at radius 3 is 2.16 bits per heavy atom. The molecule has 49 heavy (non-hydrogen) atoms. The van der Waals surface area contributed by atoms with Gasteiger partial charge in [-0.2, -0.15) is 11.8 Å². The molecule has 1 fully saturated rings. The fraction of sp³-hybridized carbons (Fsp3) is 0.812. The number of aliphatic hydroxyl groups excluding tert-OH is 4. The van der Waals surface area contributed by atoms with Gasteiger partial charge in [0.15, 0.2) is 12.1 Å². The van der Waals surface area contributed by atoms with Crippen molar-refractivity contribution in [3.8, 4) is 0 Å². The van der Waals surface area contributed by atoms with E-state index < -0.39 is 54.7 Å². The molecule has 0 saturated carbocycles. The van der Waals surface area contributed by atoms with Gasteiger partial charge in [-0.1, -0.05) is 64.5 Å². The molecule has 280 valence electrons. The number of amides is 2. The summed E-state index contributed by atoms with van der Waals surface area (Å²) in [5, 5.41) is 52.9. The number of anilines is 1. The first-order valence-corrected chi connectivity index (χ1v) is 18.4. The minimum absolute atomic E-state index is 0.0225. The van der Waals surface area contributed by atoms with Crippen LogP contribution in [0.2, 0.25) is 0 Å². The summed E-state index contributed by atoms with van der Waals surface area (Å²) in [4.78, 5) is 50.8. The van der Waals surface area contributed by atoms with Crippen LogP contribution in [0, 0.1) is 0 Å². The highest BCUT2D eigenvalue weighted by molar-refractivity contribution is 7.99. The van der Waals surface area contributed by atoms with Crippen LogP contribution in [0.3, 0.4) is 0 Å². The predicted molar refractivity (Wildman–Crippen MR) is 180 cm³/mol. The van der Waals surface area contributed by atoms with Crippen LogP contribution in [0.5, 0.6) is 0 Å². The van der Waals surface area contributed by atoms with Crippen molar-refractivity contribution in [2.75, 3.05) is 23.4 Å². The molecule has 0 bridgehead atoms. The van der Waals surface area contributed by atoms with Crippen LogP contribution in [-0.4, -0.2) is 120 Å². The van der Waals surface area contributed by atoms with Crippen LogP contribution < -0.4 is 10.6 Å². The fourth-order valence-corrected chi connectivity index (χ4v) is 5.95. The highest BCUT2D eigenvalue weighted by atomic mass is 32.2. The molecule has 1 aliphatic heterocycles. The third-order valence-electron chi connectivity index (χ3n) is 7.76. The van der Waals surface area contributed by atoms with Gasteiger partial charge in [-0.25, -0.2) is 4.68 Å². The molecule has 2 unspecified atom stereocenters. The van der Waals surface area contributed by atoms with E-state index in [1.54, 1.807) is 0 Å². The average molecular weight is 718 g/mol. The number of aromatic nitrogens is 3. The Kier molecular flexibility index (Phi) is 20.3. The lowest BCUT2D eigenvalue weighted by Crippen LogP contribution is -2.45. The first-order valence-electron chi connectivity index (χ1n) is 17.3. The number of hydrogen-bond acceptors (Lipinski definition) is 14. The molecule has 6 N–H and O–H groups in total. The molecule has 7 atom stereocenters. The van der Waals surface area contributed by atoms with Crippen molar-refractivity contribution in [2.24, 2.45) is 0 Å². The van der Waals surface area contributed by atoms with Gasteiger partial charge in [-0.05, 0) is 19.3 Å². The Labute approximate surface area is 292 Å². The molecular weight excluding hydrogens is 662 g/mol. The highest BCUT2D eigenvalue weighted by Gasteiger charge is 2.45. The normalized spacial score (nSPS) is 20.7. The second-order valence-corrected chi connectivity index (χ2v) is 13.3. The van der Waals surface area contributed by atoms with E-state index in [0.29, 0.717) is 19.3 Å². The third kappa shape index (κ3) is 16.2. The van der Waals surface area contributed by atoms with E-state index in [1.165, 1.54) is 22.6 Å². The van der Waals surface area contributed by atoms with Crippen LogP contribution >= 0.6 is 11.8 Å². The van der Waals surface area contributed by atoms with Gasteiger partial charge in [-0.15, -0.1) is 5.10 Å². The van der Waals surface area contributed by atoms with Crippen molar-refractivity contribution in [3.63, 3.8) is 0 Å². The van der Waals surface area contributed by atoms with Crippen molar-refractivity contribution in [3.05, 3.63) is 6.20 Å². The van der Waals surface area contributed by atoms with Crippen molar-refractivity contribution in [1.82, 2.24) is 20.3 Å². The summed E-state index contributed by atoms with van der Waals surface area (Å²) < 4.78 is 17.2. The molecule has 0 spiro atoms. The summed E-state index contributed by atoms with van der Waals surface area (Å²) in [6, 6.07) is -1.00. The zero-order valence-electron chi connectivity index (χ0n) is 28.8. The minimum Gasteiger partial charge on any atom is -0.462 e. The lowest BCUT2D eigenvalue weighted by Gasteiger charge is -2.21. The van der Waals surface area contributed by atoms with E-state index in [2.05, 4.69) is 20.9 Å².